The van der Waals surface area contributed by atoms with Crippen LogP contribution in [0.5, 0.6) is 0 Å². The quantitative estimate of drug-likeness (QED) is 0.704. The molecule has 0 spiro atoms. The first-order valence-electron chi connectivity index (χ1n) is 10.4. The van der Waals surface area contributed by atoms with Crippen molar-refractivity contribution < 1.29 is 23.9 Å². The summed E-state index contributed by atoms with van der Waals surface area (Å²) in [6, 6.07) is 7.74. The topological polar surface area (TPSA) is 85.8 Å². The highest BCUT2D eigenvalue weighted by Crippen LogP contribution is 2.30. The standard InChI is InChI=1S/C23H26N2O5/c1-14-17-9-5-6-10-18(17)24-19(21(14)23(28)29-2)13-30-22(27)15-11-20(26)25(12-15)16-7-3-4-8-16/h5-6,9-10,15-16H,3-4,7-8,11-13H2,1-2H3/t15-/m1/s1. The first-order valence-corrected chi connectivity index (χ1v) is 10.4. The molecule has 1 aliphatic heterocycles. The molecule has 1 aromatic carbocycles. The molecule has 1 amide bonds. The fourth-order valence-corrected chi connectivity index (χ4v) is 4.63. The summed E-state index contributed by atoms with van der Waals surface area (Å²) in [6.45, 7) is 2.11. The van der Waals surface area contributed by atoms with Crippen molar-refractivity contribution in [1.29, 1.82) is 0 Å². The smallest absolute Gasteiger partial charge is 0.340 e. The number of benzene rings is 1. The molecule has 0 N–H and O–H groups in total. The number of aromatic nitrogens is 1. The van der Waals surface area contributed by atoms with Gasteiger partial charge in [-0.3, -0.25) is 9.59 Å². The lowest BCUT2D eigenvalue weighted by atomic mass is 10.0. The Hall–Kier alpha value is -2.96. The molecule has 0 unspecified atom stereocenters. The minimum Gasteiger partial charge on any atom is -0.465 e. The van der Waals surface area contributed by atoms with Crippen molar-refractivity contribution in [3.8, 4) is 0 Å². The van der Waals surface area contributed by atoms with Crippen LogP contribution < -0.4 is 0 Å². The van der Waals surface area contributed by atoms with Gasteiger partial charge in [0.1, 0.15) is 6.61 Å². The van der Waals surface area contributed by atoms with Gasteiger partial charge < -0.3 is 14.4 Å². The number of carbonyl (C=O) groups is 3. The zero-order valence-corrected chi connectivity index (χ0v) is 17.3. The predicted molar refractivity (Wildman–Crippen MR) is 110 cm³/mol. The summed E-state index contributed by atoms with van der Waals surface area (Å²) in [5.41, 5.74) is 2.14. The minimum atomic E-state index is -0.514. The number of para-hydroxylation sites is 1. The van der Waals surface area contributed by atoms with Crippen LogP contribution in [0.15, 0.2) is 24.3 Å². The van der Waals surface area contributed by atoms with E-state index in [2.05, 4.69) is 4.98 Å². The Labute approximate surface area is 175 Å². The fraction of sp³-hybridized carbons (Fsp3) is 0.478. The Morgan fingerprint density at radius 3 is 2.67 bits per heavy atom. The lowest BCUT2D eigenvalue weighted by molar-refractivity contribution is -0.149. The van der Waals surface area contributed by atoms with Gasteiger partial charge in [-0.2, -0.15) is 0 Å². The zero-order valence-electron chi connectivity index (χ0n) is 17.3. The Kier molecular flexibility index (Phi) is 5.70. The molecule has 30 heavy (non-hydrogen) atoms. The van der Waals surface area contributed by atoms with Gasteiger partial charge in [0.05, 0.1) is 29.8 Å². The Morgan fingerprint density at radius 1 is 1.20 bits per heavy atom. The van der Waals surface area contributed by atoms with E-state index in [0.717, 1.165) is 42.1 Å². The zero-order chi connectivity index (χ0) is 21.3. The minimum absolute atomic E-state index is 0.0266. The van der Waals surface area contributed by atoms with Gasteiger partial charge >= 0.3 is 11.9 Å². The number of nitrogens with zero attached hydrogens (tertiary/aromatic N) is 2. The second-order valence-corrected chi connectivity index (χ2v) is 8.06. The van der Waals surface area contributed by atoms with Crippen LogP contribution in [-0.2, 0) is 25.7 Å². The van der Waals surface area contributed by atoms with Crippen molar-refractivity contribution >= 4 is 28.7 Å². The Bertz CT molecular complexity index is 996. The van der Waals surface area contributed by atoms with Crippen LogP contribution >= 0.6 is 0 Å². The second kappa shape index (κ2) is 8.42. The van der Waals surface area contributed by atoms with Crippen LogP contribution in [-0.4, -0.2) is 47.4 Å². The van der Waals surface area contributed by atoms with Crippen molar-refractivity contribution in [2.24, 2.45) is 5.92 Å². The molecule has 2 aromatic rings. The van der Waals surface area contributed by atoms with Crippen molar-refractivity contribution in [1.82, 2.24) is 9.88 Å². The van der Waals surface area contributed by atoms with Crippen molar-refractivity contribution in [2.75, 3.05) is 13.7 Å². The van der Waals surface area contributed by atoms with E-state index < -0.39 is 17.9 Å². The maximum Gasteiger partial charge on any atom is 0.340 e. The molecule has 0 radical (unpaired) electrons. The summed E-state index contributed by atoms with van der Waals surface area (Å²) in [4.78, 5) is 43.8. The number of carbonyl (C=O) groups excluding carboxylic acids is 3. The number of esters is 2. The van der Waals surface area contributed by atoms with Crippen molar-refractivity contribution in [3.63, 3.8) is 0 Å². The summed E-state index contributed by atoms with van der Waals surface area (Å²) in [6.07, 6.45) is 4.47. The van der Waals surface area contributed by atoms with E-state index in [1.54, 1.807) is 0 Å². The highest BCUT2D eigenvalue weighted by molar-refractivity contribution is 5.98. The average molecular weight is 410 g/mol. The Balaban J connectivity index is 1.51. The maximum atomic E-state index is 12.7. The summed E-state index contributed by atoms with van der Waals surface area (Å²) >= 11 is 0. The number of fused-ring (bicyclic) bond motifs is 1. The summed E-state index contributed by atoms with van der Waals surface area (Å²) in [5.74, 6) is -1.38. The predicted octanol–water partition coefficient (Wildman–Crippen LogP) is 3.16. The van der Waals surface area contributed by atoms with Crippen LogP contribution in [0.3, 0.4) is 0 Å². The largest absolute Gasteiger partial charge is 0.465 e. The van der Waals surface area contributed by atoms with Gasteiger partial charge in [0, 0.05) is 24.4 Å². The fourth-order valence-electron chi connectivity index (χ4n) is 4.63. The van der Waals surface area contributed by atoms with Crippen LogP contribution in [0.4, 0.5) is 0 Å². The van der Waals surface area contributed by atoms with E-state index >= 15 is 0 Å². The number of amides is 1. The molecule has 7 heteroatoms. The Morgan fingerprint density at radius 2 is 1.93 bits per heavy atom. The molecule has 0 bridgehead atoms. The molecule has 1 saturated heterocycles. The van der Waals surface area contributed by atoms with Gasteiger partial charge in [-0.15, -0.1) is 0 Å². The highest BCUT2D eigenvalue weighted by atomic mass is 16.5. The molecular weight excluding hydrogens is 384 g/mol. The van der Waals surface area contributed by atoms with E-state index in [9.17, 15) is 14.4 Å². The number of likely N-dealkylation sites (tertiary alicyclic amines) is 1. The number of aryl methyl sites for hydroxylation is 1. The molecule has 1 saturated carbocycles. The average Bonchev–Trinajstić information content (AvgIpc) is 3.41. The molecule has 7 nitrogen and oxygen atoms in total. The molecular formula is C23H26N2O5. The van der Waals surface area contributed by atoms with Gasteiger partial charge in [0.15, 0.2) is 0 Å². The third-order valence-electron chi connectivity index (χ3n) is 6.22. The van der Waals surface area contributed by atoms with Crippen molar-refractivity contribution in [3.05, 3.63) is 41.1 Å². The molecule has 1 aromatic heterocycles. The monoisotopic (exact) mass is 410 g/mol. The van der Waals surface area contributed by atoms with Gasteiger partial charge in [-0.05, 0) is 31.4 Å². The number of pyridine rings is 1. The van der Waals surface area contributed by atoms with Gasteiger partial charge in [0.25, 0.3) is 0 Å². The van der Waals surface area contributed by atoms with Crippen LogP contribution in [0.2, 0.25) is 0 Å². The molecule has 2 heterocycles. The first kappa shape index (κ1) is 20.3. The van der Waals surface area contributed by atoms with Gasteiger partial charge in [-0.25, -0.2) is 9.78 Å². The molecule has 2 aliphatic rings. The van der Waals surface area contributed by atoms with E-state index in [4.69, 9.17) is 9.47 Å². The van der Waals surface area contributed by atoms with Crippen LogP contribution in [0, 0.1) is 12.8 Å². The lowest BCUT2D eigenvalue weighted by Crippen LogP contribution is -2.35. The maximum absolute atomic E-state index is 12.7. The summed E-state index contributed by atoms with van der Waals surface area (Å²) < 4.78 is 10.5. The second-order valence-electron chi connectivity index (χ2n) is 8.06. The normalized spacial score (nSPS) is 19.5. The molecule has 2 fully saturated rings. The van der Waals surface area contributed by atoms with Crippen LogP contribution in [0.25, 0.3) is 10.9 Å². The number of ether oxygens (including phenoxy) is 2. The summed E-state index contributed by atoms with van der Waals surface area (Å²) in [5, 5.41) is 0.849. The highest BCUT2D eigenvalue weighted by Gasteiger charge is 2.39. The molecule has 1 aliphatic carbocycles. The van der Waals surface area contributed by atoms with E-state index in [1.165, 1.54) is 7.11 Å². The number of hydrogen-bond donors (Lipinski definition) is 0. The lowest BCUT2D eigenvalue weighted by Gasteiger charge is -2.23. The summed E-state index contributed by atoms with van der Waals surface area (Å²) in [7, 11) is 1.31. The van der Waals surface area contributed by atoms with Gasteiger partial charge in [-0.1, -0.05) is 31.0 Å². The third-order valence-corrected chi connectivity index (χ3v) is 6.22. The van der Waals surface area contributed by atoms with E-state index in [-0.39, 0.29) is 25.0 Å². The SMILES string of the molecule is COC(=O)c1c(COC(=O)[C@@H]2CC(=O)N(C3CCCC3)C2)nc2ccccc2c1C. The number of hydrogen-bond acceptors (Lipinski definition) is 6. The molecule has 4 rings (SSSR count). The number of methoxy groups -OCH3 is 1. The molecule has 158 valence electrons. The first-order chi connectivity index (χ1) is 14.5. The van der Waals surface area contributed by atoms with E-state index in [1.807, 2.05) is 36.1 Å². The van der Waals surface area contributed by atoms with Gasteiger partial charge in [0.2, 0.25) is 5.91 Å². The third kappa shape index (κ3) is 3.76. The van der Waals surface area contributed by atoms with Crippen LogP contribution in [0.1, 0.15) is 53.7 Å². The molecule has 1 atom stereocenters. The van der Waals surface area contributed by atoms with Crippen molar-refractivity contribution in [2.45, 2.75) is 51.7 Å². The number of rotatable bonds is 5. The van der Waals surface area contributed by atoms with E-state index in [0.29, 0.717) is 17.8 Å².